The second-order valence-corrected chi connectivity index (χ2v) is 5.40. The van der Waals surface area contributed by atoms with Gasteiger partial charge in [-0.1, -0.05) is 0 Å². The van der Waals surface area contributed by atoms with Crippen molar-refractivity contribution in [2.45, 2.75) is 43.2 Å². The molecular weight excluding hydrogens is 204 g/mol. The van der Waals surface area contributed by atoms with Crippen molar-refractivity contribution in [2.75, 3.05) is 12.4 Å². The van der Waals surface area contributed by atoms with Gasteiger partial charge in [-0.25, -0.2) is 0 Å². The van der Waals surface area contributed by atoms with E-state index in [1.807, 2.05) is 13.8 Å². The molecule has 82 valence electrons. The number of aliphatic hydroxyl groups excluding tert-OH is 2. The van der Waals surface area contributed by atoms with Crippen LogP contribution < -0.4 is 0 Å². The van der Waals surface area contributed by atoms with Crippen LogP contribution in [0.5, 0.6) is 0 Å². The van der Waals surface area contributed by atoms with Gasteiger partial charge < -0.3 is 19.7 Å². The third-order valence-electron chi connectivity index (χ3n) is 2.56. The number of fused-ring (bicyclic) bond motifs is 1. The lowest BCUT2D eigenvalue weighted by molar-refractivity contribution is -0.147. The molecule has 2 rings (SSSR count). The topological polar surface area (TPSA) is 58.9 Å². The molecule has 0 spiro atoms. The van der Waals surface area contributed by atoms with Gasteiger partial charge in [0.2, 0.25) is 0 Å². The van der Waals surface area contributed by atoms with Gasteiger partial charge in [-0.2, -0.15) is 11.8 Å². The number of hydrogen-bond acceptors (Lipinski definition) is 5. The second kappa shape index (κ2) is 3.64. The zero-order chi connectivity index (χ0) is 10.3. The Morgan fingerprint density at radius 2 is 2.21 bits per heavy atom. The Hall–Kier alpha value is 0.190. The predicted octanol–water partition coefficient (Wildman–Crippen LogP) is -0.0249. The molecule has 2 unspecified atom stereocenters. The van der Waals surface area contributed by atoms with Gasteiger partial charge in [-0.15, -0.1) is 0 Å². The summed E-state index contributed by atoms with van der Waals surface area (Å²) in [5.74, 6) is 0.277. The first kappa shape index (κ1) is 10.7. The van der Waals surface area contributed by atoms with Crippen LogP contribution in [-0.2, 0) is 9.47 Å². The lowest BCUT2D eigenvalue weighted by Gasteiger charge is -2.23. The monoisotopic (exact) mass is 220 g/mol. The third kappa shape index (κ3) is 1.79. The average molecular weight is 220 g/mol. The number of rotatable bonds is 2. The van der Waals surface area contributed by atoms with Crippen LogP contribution in [0.2, 0.25) is 0 Å². The smallest absolute Gasteiger partial charge is 0.163 e. The van der Waals surface area contributed by atoms with E-state index in [1.54, 1.807) is 11.8 Å². The molecular formula is C9H16O4S. The van der Waals surface area contributed by atoms with Crippen molar-refractivity contribution in [3.8, 4) is 0 Å². The van der Waals surface area contributed by atoms with Gasteiger partial charge >= 0.3 is 0 Å². The summed E-state index contributed by atoms with van der Waals surface area (Å²) >= 11 is 1.61. The van der Waals surface area contributed by atoms with Crippen molar-refractivity contribution < 1.29 is 19.7 Å². The van der Waals surface area contributed by atoms with Crippen LogP contribution in [0.3, 0.4) is 0 Å². The van der Waals surface area contributed by atoms with Gasteiger partial charge in [0.15, 0.2) is 5.79 Å². The zero-order valence-electron chi connectivity index (χ0n) is 8.34. The minimum absolute atomic E-state index is 0.0567. The third-order valence-corrected chi connectivity index (χ3v) is 4.05. The summed E-state index contributed by atoms with van der Waals surface area (Å²) in [6.45, 7) is 3.53. The summed E-state index contributed by atoms with van der Waals surface area (Å²) in [7, 11) is 0. The van der Waals surface area contributed by atoms with E-state index >= 15 is 0 Å². The summed E-state index contributed by atoms with van der Waals surface area (Å²) in [4.78, 5) is 0. The molecule has 2 saturated heterocycles. The minimum Gasteiger partial charge on any atom is -0.394 e. The second-order valence-electron chi connectivity index (χ2n) is 4.19. The Kier molecular flexibility index (Phi) is 2.79. The van der Waals surface area contributed by atoms with Crippen molar-refractivity contribution in [3.63, 3.8) is 0 Å². The summed E-state index contributed by atoms with van der Waals surface area (Å²) < 4.78 is 11.4. The Morgan fingerprint density at radius 1 is 1.50 bits per heavy atom. The van der Waals surface area contributed by atoms with E-state index in [9.17, 15) is 5.11 Å². The van der Waals surface area contributed by atoms with Crippen molar-refractivity contribution in [1.29, 1.82) is 0 Å². The maximum Gasteiger partial charge on any atom is 0.163 e. The van der Waals surface area contributed by atoms with Gasteiger partial charge in [0.1, 0.15) is 6.10 Å². The molecule has 5 heteroatoms. The number of ether oxygens (including phenoxy) is 2. The molecule has 2 fully saturated rings. The van der Waals surface area contributed by atoms with Crippen LogP contribution in [-0.4, -0.2) is 51.9 Å². The summed E-state index contributed by atoms with van der Waals surface area (Å²) in [6, 6.07) is 0. The van der Waals surface area contributed by atoms with Gasteiger partial charge in [-0.3, -0.25) is 0 Å². The molecule has 0 aromatic heterocycles. The quantitative estimate of drug-likeness (QED) is 0.684. The van der Waals surface area contributed by atoms with Gasteiger partial charge in [-0.05, 0) is 13.8 Å². The van der Waals surface area contributed by atoms with E-state index in [4.69, 9.17) is 14.6 Å². The fourth-order valence-corrected chi connectivity index (χ4v) is 3.40. The van der Waals surface area contributed by atoms with Crippen LogP contribution in [0, 0.1) is 0 Å². The van der Waals surface area contributed by atoms with E-state index in [0.29, 0.717) is 0 Å². The van der Waals surface area contributed by atoms with E-state index < -0.39 is 11.9 Å². The van der Waals surface area contributed by atoms with Gasteiger partial charge in [0.05, 0.1) is 24.1 Å². The largest absolute Gasteiger partial charge is 0.394 e. The molecule has 2 N–H and O–H groups in total. The van der Waals surface area contributed by atoms with Crippen LogP contribution in [0.4, 0.5) is 0 Å². The summed E-state index contributed by atoms with van der Waals surface area (Å²) in [6.07, 6.45) is -0.745. The number of aliphatic hydroxyl groups is 2. The highest BCUT2D eigenvalue weighted by Gasteiger charge is 2.51. The van der Waals surface area contributed by atoms with Crippen molar-refractivity contribution >= 4 is 11.8 Å². The normalized spacial score (nSPS) is 42.4. The first-order valence-corrected chi connectivity index (χ1v) is 5.84. The highest BCUT2D eigenvalue weighted by molar-refractivity contribution is 8.00. The summed E-state index contributed by atoms with van der Waals surface area (Å²) in [5.41, 5.74) is 0. The molecule has 0 aromatic rings. The molecule has 2 heterocycles. The molecule has 2 aliphatic heterocycles. The van der Waals surface area contributed by atoms with Gasteiger partial charge in [0, 0.05) is 5.75 Å². The van der Waals surface area contributed by atoms with E-state index in [2.05, 4.69) is 0 Å². The van der Waals surface area contributed by atoms with Crippen LogP contribution >= 0.6 is 11.8 Å². The molecule has 4 atom stereocenters. The number of thioether (sulfide) groups is 1. The fraction of sp³-hybridized carbons (Fsp3) is 1.00. The average Bonchev–Trinajstić information content (AvgIpc) is 2.58. The SMILES string of the molecule is CC1(C)OC2[C@H](C(O)CO)SC[C@@H]2O1. The summed E-state index contributed by atoms with van der Waals surface area (Å²) in [5, 5.41) is 18.4. The fourth-order valence-electron chi connectivity index (χ4n) is 2.01. The van der Waals surface area contributed by atoms with Crippen LogP contribution in [0.1, 0.15) is 13.8 Å². The molecule has 0 aromatic carbocycles. The molecule has 0 bridgehead atoms. The minimum atomic E-state index is -0.715. The Morgan fingerprint density at radius 3 is 2.86 bits per heavy atom. The first-order chi connectivity index (χ1) is 6.53. The lowest BCUT2D eigenvalue weighted by atomic mass is 10.1. The highest BCUT2D eigenvalue weighted by atomic mass is 32.2. The Bertz CT molecular complexity index is 221. The Labute approximate surface area is 87.6 Å². The van der Waals surface area contributed by atoms with E-state index in [1.165, 1.54) is 0 Å². The van der Waals surface area contributed by atoms with Crippen molar-refractivity contribution in [2.24, 2.45) is 0 Å². The van der Waals surface area contributed by atoms with Crippen LogP contribution in [0.15, 0.2) is 0 Å². The highest BCUT2D eigenvalue weighted by Crippen LogP contribution is 2.42. The molecule has 4 nitrogen and oxygen atoms in total. The maximum absolute atomic E-state index is 9.57. The first-order valence-electron chi connectivity index (χ1n) is 4.79. The van der Waals surface area contributed by atoms with Crippen molar-refractivity contribution in [1.82, 2.24) is 0 Å². The van der Waals surface area contributed by atoms with Gasteiger partial charge in [0.25, 0.3) is 0 Å². The lowest BCUT2D eigenvalue weighted by Crippen LogP contribution is -2.38. The van der Waals surface area contributed by atoms with Crippen molar-refractivity contribution in [3.05, 3.63) is 0 Å². The zero-order valence-corrected chi connectivity index (χ0v) is 9.16. The van der Waals surface area contributed by atoms with Crippen LogP contribution in [0.25, 0.3) is 0 Å². The standard InChI is InChI=1S/C9H16O4S/c1-9(2)12-6-4-14-8(5(11)3-10)7(6)13-9/h5-8,10-11H,3-4H2,1-2H3/t5?,6-,7?,8-/m0/s1. The van der Waals surface area contributed by atoms with E-state index in [0.717, 1.165) is 5.75 Å². The molecule has 0 aliphatic carbocycles. The Balaban J connectivity index is 2.04. The van der Waals surface area contributed by atoms with E-state index in [-0.39, 0.29) is 24.1 Å². The molecule has 14 heavy (non-hydrogen) atoms. The molecule has 0 amide bonds. The molecule has 2 aliphatic rings. The predicted molar refractivity (Wildman–Crippen MR) is 53.2 cm³/mol. The molecule has 0 radical (unpaired) electrons. The molecule has 0 saturated carbocycles. The maximum atomic E-state index is 9.57. The number of hydrogen-bond donors (Lipinski definition) is 2.